The zero-order valence-corrected chi connectivity index (χ0v) is 11.0. The molecule has 1 rings (SSSR count). The van der Waals surface area contributed by atoms with Crippen LogP contribution in [-0.4, -0.2) is 36.0 Å². The van der Waals surface area contributed by atoms with Gasteiger partial charge in [-0.1, -0.05) is 13.8 Å². The molecule has 0 aromatic carbocycles. The first kappa shape index (κ1) is 13.9. The lowest BCUT2D eigenvalue weighted by Crippen LogP contribution is -2.52. The Morgan fingerprint density at radius 1 is 1.44 bits per heavy atom. The van der Waals surface area contributed by atoms with Crippen LogP contribution in [0.3, 0.4) is 0 Å². The summed E-state index contributed by atoms with van der Waals surface area (Å²) in [6.07, 6.45) is 5.81. The van der Waals surface area contributed by atoms with E-state index >= 15 is 0 Å². The second-order valence-corrected chi connectivity index (χ2v) is 5.06. The van der Waals surface area contributed by atoms with Gasteiger partial charge < -0.3 is 15.2 Å². The van der Waals surface area contributed by atoms with Crippen LogP contribution in [0.15, 0.2) is 0 Å². The van der Waals surface area contributed by atoms with Crippen LogP contribution in [0.1, 0.15) is 52.9 Å². The van der Waals surface area contributed by atoms with E-state index in [0.29, 0.717) is 12.1 Å². The largest absolute Gasteiger partial charge is 0.394 e. The first-order chi connectivity index (χ1) is 7.65. The van der Waals surface area contributed by atoms with E-state index in [1.807, 2.05) is 0 Å². The first-order valence-electron chi connectivity index (χ1n) is 6.66. The van der Waals surface area contributed by atoms with E-state index in [1.165, 1.54) is 12.8 Å². The van der Waals surface area contributed by atoms with Crippen molar-refractivity contribution in [2.45, 2.75) is 70.6 Å². The van der Waals surface area contributed by atoms with Gasteiger partial charge in [0.05, 0.1) is 12.7 Å². The number of hydrogen-bond acceptors (Lipinski definition) is 3. The van der Waals surface area contributed by atoms with Gasteiger partial charge in [-0.3, -0.25) is 0 Å². The van der Waals surface area contributed by atoms with Crippen molar-refractivity contribution in [3.05, 3.63) is 0 Å². The van der Waals surface area contributed by atoms with Gasteiger partial charge >= 0.3 is 0 Å². The van der Waals surface area contributed by atoms with Gasteiger partial charge in [0.25, 0.3) is 0 Å². The van der Waals surface area contributed by atoms with Crippen LogP contribution in [0, 0.1) is 0 Å². The van der Waals surface area contributed by atoms with Crippen molar-refractivity contribution in [2.24, 2.45) is 0 Å². The quantitative estimate of drug-likeness (QED) is 0.702. The Bertz CT molecular complexity index is 178. The molecule has 16 heavy (non-hydrogen) atoms. The third-order valence-corrected chi connectivity index (χ3v) is 3.85. The second kappa shape index (κ2) is 6.58. The highest BCUT2D eigenvalue weighted by atomic mass is 16.5. The maximum absolute atomic E-state index is 9.49. The molecular formula is C13H27NO2. The van der Waals surface area contributed by atoms with E-state index in [1.54, 1.807) is 0 Å². The summed E-state index contributed by atoms with van der Waals surface area (Å²) in [6.45, 7) is 7.59. The van der Waals surface area contributed by atoms with E-state index in [0.717, 1.165) is 25.9 Å². The van der Waals surface area contributed by atoms with Gasteiger partial charge in [-0.25, -0.2) is 0 Å². The summed E-state index contributed by atoms with van der Waals surface area (Å²) >= 11 is 0. The van der Waals surface area contributed by atoms with Crippen LogP contribution in [-0.2, 0) is 4.74 Å². The predicted molar refractivity (Wildman–Crippen MR) is 66.6 cm³/mol. The minimum atomic E-state index is -0.0992. The number of aliphatic hydroxyl groups excluding tert-OH is 1. The first-order valence-corrected chi connectivity index (χ1v) is 6.66. The Balaban J connectivity index is 2.38. The summed E-state index contributed by atoms with van der Waals surface area (Å²) in [5.41, 5.74) is -0.0992. The standard InChI is InChI=1S/C13H27NO2/c1-4-13(5-2,10-15)14-11(3)9-12-7-6-8-16-12/h11-12,14-15H,4-10H2,1-3H3. The van der Waals surface area contributed by atoms with Crippen molar-refractivity contribution in [3.63, 3.8) is 0 Å². The summed E-state index contributed by atoms with van der Waals surface area (Å²) in [5.74, 6) is 0. The molecule has 1 aliphatic heterocycles. The van der Waals surface area contributed by atoms with Crippen molar-refractivity contribution in [2.75, 3.05) is 13.2 Å². The molecule has 3 heteroatoms. The van der Waals surface area contributed by atoms with E-state index < -0.39 is 0 Å². The van der Waals surface area contributed by atoms with Crippen LogP contribution in [0.25, 0.3) is 0 Å². The molecule has 96 valence electrons. The number of aliphatic hydroxyl groups is 1. The minimum Gasteiger partial charge on any atom is -0.394 e. The molecule has 0 radical (unpaired) electrons. The molecule has 0 aliphatic carbocycles. The number of nitrogens with one attached hydrogen (secondary N) is 1. The van der Waals surface area contributed by atoms with Gasteiger partial charge in [-0.2, -0.15) is 0 Å². The molecule has 2 unspecified atom stereocenters. The molecule has 2 N–H and O–H groups in total. The monoisotopic (exact) mass is 229 g/mol. The van der Waals surface area contributed by atoms with Crippen LogP contribution in [0.2, 0.25) is 0 Å². The second-order valence-electron chi connectivity index (χ2n) is 5.06. The molecule has 0 saturated carbocycles. The third kappa shape index (κ3) is 3.72. The van der Waals surface area contributed by atoms with Crippen LogP contribution < -0.4 is 5.32 Å². The molecule has 1 saturated heterocycles. The van der Waals surface area contributed by atoms with Gasteiger partial charge in [0.15, 0.2) is 0 Å². The maximum Gasteiger partial charge on any atom is 0.0613 e. The Hall–Kier alpha value is -0.120. The Kier molecular flexibility index (Phi) is 5.73. The Labute approximate surface area is 99.6 Å². The molecule has 0 spiro atoms. The number of rotatable bonds is 7. The van der Waals surface area contributed by atoms with Gasteiger partial charge in [0.2, 0.25) is 0 Å². The lowest BCUT2D eigenvalue weighted by molar-refractivity contribution is 0.0821. The molecule has 0 aromatic heterocycles. The molecule has 2 atom stereocenters. The van der Waals surface area contributed by atoms with Gasteiger partial charge in [0, 0.05) is 18.2 Å². The van der Waals surface area contributed by atoms with Crippen molar-refractivity contribution in [1.82, 2.24) is 5.32 Å². The lowest BCUT2D eigenvalue weighted by Gasteiger charge is -2.35. The zero-order chi connectivity index (χ0) is 12.0. The normalized spacial score (nSPS) is 23.6. The Morgan fingerprint density at radius 2 is 2.12 bits per heavy atom. The molecule has 0 amide bonds. The van der Waals surface area contributed by atoms with Gasteiger partial charge in [-0.05, 0) is 39.0 Å². The van der Waals surface area contributed by atoms with E-state index in [9.17, 15) is 5.11 Å². The highest BCUT2D eigenvalue weighted by Gasteiger charge is 2.28. The maximum atomic E-state index is 9.49. The van der Waals surface area contributed by atoms with Crippen molar-refractivity contribution < 1.29 is 9.84 Å². The number of hydrogen-bond donors (Lipinski definition) is 2. The van der Waals surface area contributed by atoms with E-state index in [-0.39, 0.29) is 12.1 Å². The molecule has 1 aliphatic rings. The fourth-order valence-electron chi connectivity index (χ4n) is 2.53. The summed E-state index contributed by atoms with van der Waals surface area (Å²) in [5, 5.41) is 13.1. The van der Waals surface area contributed by atoms with Gasteiger partial charge in [-0.15, -0.1) is 0 Å². The summed E-state index contributed by atoms with van der Waals surface area (Å²) in [7, 11) is 0. The molecular weight excluding hydrogens is 202 g/mol. The van der Waals surface area contributed by atoms with E-state index in [2.05, 4.69) is 26.1 Å². The Morgan fingerprint density at radius 3 is 2.56 bits per heavy atom. The SMILES string of the molecule is CCC(CC)(CO)NC(C)CC1CCCO1. The fourth-order valence-corrected chi connectivity index (χ4v) is 2.53. The third-order valence-electron chi connectivity index (χ3n) is 3.85. The average Bonchev–Trinajstić information content (AvgIpc) is 2.79. The minimum absolute atomic E-state index is 0.0992. The highest BCUT2D eigenvalue weighted by molar-refractivity contribution is 4.88. The smallest absolute Gasteiger partial charge is 0.0613 e. The van der Waals surface area contributed by atoms with Crippen molar-refractivity contribution in [1.29, 1.82) is 0 Å². The molecule has 0 bridgehead atoms. The zero-order valence-electron chi connectivity index (χ0n) is 11.0. The van der Waals surface area contributed by atoms with Crippen LogP contribution >= 0.6 is 0 Å². The summed E-state index contributed by atoms with van der Waals surface area (Å²) in [6, 6.07) is 0.412. The highest BCUT2D eigenvalue weighted by Crippen LogP contribution is 2.20. The summed E-state index contributed by atoms with van der Waals surface area (Å²) < 4.78 is 5.64. The van der Waals surface area contributed by atoms with Crippen LogP contribution in [0.5, 0.6) is 0 Å². The topological polar surface area (TPSA) is 41.5 Å². The lowest BCUT2D eigenvalue weighted by atomic mass is 9.92. The molecule has 1 heterocycles. The van der Waals surface area contributed by atoms with Crippen molar-refractivity contribution in [3.8, 4) is 0 Å². The number of ether oxygens (including phenoxy) is 1. The fraction of sp³-hybridized carbons (Fsp3) is 1.00. The van der Waals surface area contributed by atoms with Crippen LogP contribution in [0.4, 0.5) is 0 Å². The van der Waals surface area contributed by atoms with E-state index in [4.69, 9.17) is 4.74 Å². The predicted octanol–water partition coefficient (Wildman–Crippen LogP) is 2.08. The van der Waals surface area contributed by atoms with Crippen molar-refractivity contribution >= 4 is 0 Å². The summed E-state index contributed by atoms with van der Waals surface area (Å²) in [4.78, 5) is 0. The molecule has 0 aromatic rings. The van der Waals surface area contributed by atoms with Gasteiger partial charge in [0.1, 0.15) is 0 Å². The average molecular weight is 229 g/mol. The molecule has 1 fully saturated rings. The molecule has 3 nitrogen and oxygen atoms in total.